The third kappa shape index (κ3) is 2.68. The van der Waals surface area contributed by atoms with Gasteiger partial charge in [0.25, 0.3) is 11.1 Å². The Bertz CT molecular complexity index is 1530. The first-order valence-electron chi connectivity index (χ1n) is 9.36. The maximum atomic E-state index is 13.4. The molecule has 30 heavy (non-hydrogen) atoms. The van der Waals surface area contributed by atoms with Crippen LogP contribution in [0.3, 0.4) is 0 Å². The smallest absolute Gasteiger partial charge is 0.274 e. The minimum absolute atomic E-state index is 0.00742. The number of aromatic nitrogens is 3. The number of phenols is 1. The minimum Gasteiger partial charge on any atom is -0.508 e. The van der Waals surface area contributed by atoms with Crippen molar-refractivity contribution in [1.29, 1.82) is 0 Å². The third-order valence-corrected chi connectivity index (χ3v) is 5.29. The number of phenolic OH excluding ortho intramolecular Hbond substituents is 1. The van der Waals surface area contributed by atoms with Crippen molar-refractivity contribution in [3.8, 4) is 11.6 Å². The standard InChI is InChI=1S/C23H17N3O4/c27-14-7-5-6-13(12-14)20(19-17-10-3-4-11-18(17)24-22(19)29)26-23(30)16-9-2-1-8-15(16)21(28)25-26/h1-12,20,24,27,29H,(H,25,28). The van der Waals surface area contributed by atoms with E-state index in [0.29, 0.717) is 22.0 Å². The maximum absolute atomic E-state index is 13.4. The maximum Gasteiger partial charge on any atom is 0.274 e. The van der Waals surface area contributed by atoms with Crippen molar-refractivity contribution in [1.82, 2.24) is 14.8 Å². The van der Waals surface area contributed by atoms with Crippen LogP contribution in [-0.4, -0.2) is 25.0 Å². The first-order chi connectivity index (χ1) is 14.5. The van der Waals surface area contributed by atoms with Crippen LogP contribution in [0.5, 0.6) is 11.6 Å². The van der Waals surface area contributed by atoms with Gasteiger partial charge in [0, 0.05) is 10.9 Å². The van der Waals surface area contributed by atoms with E-state index in [2.05, 4.69) is 10.1 Å². The Morgan fingerprint density at radius 1 is 0.800 bits per heavy atom. The highest BCUT2D eigenvalue weighted by atomic mass is 16.3. The quantitative estimate of drug-likeness (QED) is 0.373. The first kappa shape index (κ1) is 17.8. The lowest BCUT2D eigenvalue weighted by Gasteiger charge is -2.21. The molecule has 4 N–H and O–H groups in total. The molecule has 7 nitrogen and oxygen atoms in total. The molecular weight excluding hydrogens is 382 g/mol. The average molecular weight is 399 g/mol. The Labute approximate surface area is 169 Å². The molecule has 1 atom stereocenters. The van der Waals surface area contributed by atoms with Gasteiger partial charge in [0.05, 0.1) is 16.3 Å². The molecule has 2 aromatic heterocycles. The largest absolute Gasteiger partial charge is 0.508 e. The van der Waals surface area contributed by atoms with Crippen LogP contribution in [-0.2, 0) is 0 Å². The number of aromatic hydroxyl groups is 2. The van der Waals surface area contributed by atoms with E-state index in [1.165, 1.54) is 16.8 Å². The molecule has 0 saturated carbocycles. The zero-order valence-electron chi connectivity index (χ0n) is 15.7. The highest BCUT2D eigenvalue weighted by Crippen LogP contribution is 2.38. The zero-order chi connectivity index (χ0) is 20.8. The summed E-state index contributed by atoms with van der Waals surface area (Å²) in [5.74, 6) is -0.113. The number of nitrogens with one attached hydrogen (secondary N) is 2. The lowest BCUT2D eigenvalue weighted by atomic mass is 9.97. The molecule has 2 heterocycles. The summed E-state index contributed by atoms with van der Waals surface area (Å²) >= 11 is 0. The van der Waals surface area contributed by atoms with E-state index >= 15 is 0 Å². The van der Waals surface area contributed by atoms with Crippen molar-refractivity contribution >= 4 is 21.7 Å². The summed E-state index contributed by atoms with van der Waals surface area (Å²) in [4.78, 5) is 29.0. The zero-order valence-corrected chi connectivity index (χ0v) is 15.7. The van der Waals surface area contributed by atoms with Crippen LogP contribution in [0.1, 0.15) is 17.2 Å². The molecule has 0 aliphatic heterocycles. The van der Waals surface area contributed by atoms with Gasteiger partial charge in [-0.05, 0) is 35.9 Å². The molecule has 0 spiro atoms. The Morgan fingerprint density at radius 2 is 1.50 bits per heavy atom. The van der Waals surface area contributed by atoms with Gasteiger partial charge in [-0.15, -0.1) is 0 Å². The van der Waals surface area contributed by atoms with E-state index < -0.39 is 17.2 Å². The van der Waals surface area contributed by atoms with E-state index in [9.17, 15) is 19.8 Å². The van der Waals surface area contributed by atoms with Crippen molar-refractivity contribution in [2.24, 2.45) is 0 Å². The number of H-pyrrole nitrogens is 2. The van der Waals surface area contributed by atoms with Crippen LogP contribution in [0.4, 0.5) is 0 Å². The summed E-state index contributed by atoms with van der Waals surface area (Å²) in [5.41, 5.74) is 0.802. The van der Waals surface area contributed by atoms with Gasteiger partial charge in [0.15, 0.2) is 5.88 Å². The van der Waals surface area contributed by atoms with Crippen LogP contribution in [0.25, 0.3) is 21.7 Å². The number of hydrogen-bond donors (Lipinski definition) is 4. The van der Waals surface area contributed by atoms with Gasteiger partial charge in [-0.25, -0.2) is 4.68 Å². The van der Waals surface area contributed by atoms with Gasteiger partial charge in [0.2, 0.25) is 0 Å². The molecular formula is C23H17N3O4. The average Bonchev–Trinajstić information content (AvgIpc) is 3.08. The van der Waals surface area contributed by atoms with E-state index in [4.69, 9.17) is 0 Å². The Kier molecular flexibility index (Phi) is 3.96. The number of para-hydroxylation sites is 1. The molecule has 1 unspecified atom stereocenters. The first-order valence-corrected chi connectivity index (χ1v) is 9.36. The fourth-order valence-corrected chi connectivity index (χ4v) is 3.97. The minimum atomic E-state index is -0.877. The van der Waals surface area contributed by atoms with Crippen molar-refractivity contribution in [2.75, 3.05) is 0 Å². The summed E-state index contributed by atoms with van der Waals surface area (Å²) < 4.78 is 1.20. The van der Waals surface area contributed by atoms with Crippen molar-refractivity contribution in [3.05, 3.63) is 105 Å². The van der Waals surface area contributed by atoms with Gasteiger partial charge in [-0.1, -0.05) is 42.5 Å². The summed E-state index contributed by atoms with van der Waals surface area (Å²) in [6.07, 6.45) is 0. The number of rotatable bonds is 3. The Hall–Kier alpha value is -4.26. The molecule has 5 aromatic rings. The van der Waals surface area contributed by atoms with Crippen molar-refractivity contribution in [3.63, 3.8) is 0 Å². The summed E-state index contributed by atoms with van der Waals surface area (Å²) in [7, 11) is 0. The number of nitrogens with zero attached hydrogens (tertiary/aromatic N) is 1. The summed E-state index contributed by atoms with van der Waals surface area (Å²) in [6.45, 7) is 0. The van der Waals surface area contributed by atoms with E-state index in [1.54, 1.807) is 36.4 Å². The molecule has 3 aromatic carbocycles. The van der Waals surface area contributed by atoms with Crippen LogP contribution >= 0.6 is 0 Å². The number of aromatic amines is 2. The van der Waals surface area contributed by atoms with Crippen LogP contribution in [0.2, 0.25) is 0 Å². The van der Waals surface area contributed by atoms with Gasteiger partial charge in [-0.2, -0.15) is 0 Å². The lowest BCUT2D eigenvalue weighted by molar-refractivity contribution is 0.437. The van der Waals surface area contributed by atoms with Crippen LogP contribution in [0, 0.1) is 0 Å². The summed E-state index contributed by atoms with van der Waals surface area (Å²) in [5, 5.41) is 24.7. The van der Waals surface area contributed by atoms with E-state index in [1.807, 2.05) is 24.3 Å². The molecule has 0 radical (unpaired) electrons. The molecule has 5 rings (SSSR count). The Balaban J connectivity index is 1.90. The van der Waals surface area contributed by atoms with Gasteiger partial charge in [-0.3, -0.25) is 14.7 Å². The molecule has 0 fully saturated rings. The highest BCUT2D eigenvalue weighted by molar-refractivity contribution is 5.87. The normalized spacial score (nSPS) is 12.4. The predicted molar refractivity (Wildman–Crippen MR) is 114 cm³/mol. The van der Waals surface area contributed by atoms with E-state index in [-0.39, 0.29) is 22.4 Å². The lowest BCUT2D eigenvalue weighted by Crippen LogP contribution is -2.34. The van der Waals surface area contributed by atoms with Crippen molar-refractivity contribution < 1.29 is 10.2 Å². The van der Waals surface area contributed by atoms with Crippen molar-refractivity contribution in [2.45, 2.75) is 6.04 Å². The van der Waals surface area contributed by atoms with Gasteiger partial charge < -0.3 is 15.2 Å². The molecule has 0 bridgehead atoms. The molecule has 148 valence electrons. The summed E-state index contributed by atoms with van der Waals surface area (Å²) in [6, 6.07) is 19.4. The monoisotopic (exact) mass is 399 g/mol. The molecule has 7 heteroatoms. The Morgan fingerprint density at radius 3 is 2.27 bits per heavy atom. The number of hydrogen-bond acceptors (Lipinski definition) is 4. The third-order valence-electron chi connectivity index (χ3n) is 5.29. The molecule has 0 saturated heterocycles. The van der Waals surface area contributed by atoms with Gasteiger partial charge >= 0.3 is 0 Å². The number of benzene rings is 3. The van der Waals surface area contributed by atoms with Crippen LogP contribution in [0.15, 0.2) is 82.4 Å². The van der Waals surface area contributed by atoms with E-state index in [0.717, 1.165) is 0 Å². The molecule has 0 aliphatic carbocycles. The fourth-order valence-electron chi connectivity index (χ4n) is 3.97. The SMILES string of the molecule is O=c1[nH]n(C(c2cccc(O)c2)c2c(O)[nH]c3ccccc23)c(=O)c2ccccc12. The topological polar surface area (TPSA) is 111 Å². The second kappa shape index (κ2) is 6.66. The second-order valence-electron chi connectivity index (χ2n) is 7.09. The highest BCUT2D eigenvalue weighted by Gasteiger charge is 2.27. The molecule has 0 aliphatic rings. The fraction of sp³-hybridized carbons (Fsp3) is 0.0435. The van der Waals surface area contributed by atoms with Gasteiger partial charge in [0.1, 0.15) is 11.8 Å². The number of fused-ring (bicyclic) bond motifs is 2. The predicted octanol–water partition coefficient (Wildman–Crippen LogP) is 3.22. The van der Waals surface area contributed by atoms with Crippen LogP contribution < -0.4 is 11.1 Å². The molecule has 0 amide bonds. The second-order valence-corrected chi connectivity index (χ2v) is 7.09.